The van der Waals surface area contributed by atoms with Crippen LogP contribution in [0.1, 0.15) is 5.01 Å². The van der Waals surface area contributed by atoms with Crippen LogP contribution in [0.25, 0.3) is 0 Å². The van der Waals surface area contributed by atoms with E-state index in [0.717, 1.165) is 9.61 Å². The molecule has 0 unspecified atom stereocenters. The Labute approximate surface area is 66.0 Å². The average molecular weight is 208 g/mol. The summed E-state index contributed by atoms with van der Waals surface area (Å²) in [6, 6.07) is 0. The molecule has 1 heterocycles. The number of aromatic nitrogens is 1. The quantitative estimate of drug-likeness (QED) is 0.741. The van der Waals surface area contributed by atoms with Crippen LogP contribution in [0.5, 0.6) is 0 Å². The maximum Gasteiger partial charge on any atom is 0.120 e. The first-order valence-corrected chi connectivity index (χ1v) is 4.09. The minimum absolute atomic E-state index is 0.607. The van der Waals surface area contributed by atoms with Gasteiger partial charge in [0.25, 0.3) is 0 Å². The number of methoxy groups -OCH3 is 1. The lowest BCUT2D eigenvalue weighted by molar-refractivity contribution is 0.184. The molecule has 0 atom stereocenters. The molecule has 0 aromatic carbocycles. The number of hydrogen-bond donors (Lipinski definition) is 0. The molecule has 0 bridgehead atoms. The Morgan fingerprint density at radius 2 is 2.67 bits per heavy atom. The van der Waals surface area contributed by atoms with E-state index in [0.29, 0.717) is 6.61 Å². The molecular formula is C5H6BrNOS. The maximum atomic E-state index is 4.87. The van der Waals surface area contributed by atoms with Crippen LogP contribution in [0, 0.1) is 0 Å². The van der Waals surface area contributed by atoms with Gasteiger partial charge < -0.3 is 4.74 Å². The minimum Gasteiger partial charge on any atom is -0.378 e. The second-order valence-electron chi connectivity index (χ2n) is 1.50. The number of halogens is 1. The molecule has 1 aromatic heterocycles. The Morgan fingerprint density at radius 1 is 1.89 bits per heavy atom. The van der Waals surface area contributed by atoms with Crippen LogP contribution in [0.2, 0.25) is 0 Å². The van der Waals surface area contributed by atoms with E-state index in [1.807, 2.05) is 5.38 Å². The smallest absolute Gasteiger partial charge is 0.120 e. The van der Waals surface area contributed by atoms with E-state index in [-0.39, 0.29) is 0 Å². The SMILES string of the molecule is COCc1nc(Br)cs1. The van der Waals surface area contributed by atoms with Gasteiger partial charge in [-0.05, 0) is 15.9 Å². The van der Waals surface area contributed by atoms with Gasteiger partial charge in [-0.25, -0.2) is 4.98 Å². The normalized spacial score (nSPS) is 10.0. The van der Waals surface area contributed by atoms with Crippen LogP contribution >= 0.6 is 27.3 Å². The zero-order chi connectivity index (χ0) is 6.69. The van der Waals surface area contributed by atoms with Crippen molar-refractivity contribution in [3.8, 4) is 0 Å². The van der Waals surface area contributed by atoms with Crippen molar-refractivity contribution in [1.29, 1.82) is 0 Å². The summed E-state index contributed by atoms with van der Waals surface area (Å²) in [6.45, 7) is 0.607. The first-order chi connectivity index (χ1) is 4.33. The van der Waals surface area contributed by atoms with Gasteiger partial charge in [-0.15, -0.1) is 11.3 Å². The molecule has 2 nitrogen and oxygen atoms in total. The fourth-order valence-corrected chi connectivity index (χ4v) is 1.71. The Balaban J connectivity index is 2.61. The van der Waals surface area contributed by atoms with Crippen LogP contribution in [0.15, 0.2) is 9.98 Å². The van der Waals surface area contributed by atoms with Gasteiger partial charge in [-0.3, -0.25) is 0 Å². The molecule has 4 heteroatoms. The molecule has 0 aliphatic carbocycles. The van der Waals surface area contributed by atoms with E-state index in [2.05, 4.69) is 20.9 Å². The van der Waals surface area contributed by atoms with Crippen molar-refractivity contribution in [2.75, 3.05) is 7.11 Å². The number of nitrogens with zero attached hydrogens (tertiary/aromatic N) is 1. The predicted octanol–water partition coefficient (Wildman–Crippen LogP) is 2.05. The zero-order valence-corrected chi connectivity index (χ0v) is 7.33. The summed E-state index contributed by atoms with van der Waals surface area (Å²) >= 11 is 4.84. The Bertz CT molecular complexity index is 189. The predicted molar refractivity (Wildman–Crippen MR) is 40.5 cm³/mol. The van der Waals surface area contributed by atoms with Crippen LogP contribution in [-0.4, -0.2) is 12.1 Å². The summed E-state index contributed by atoms with van der Waals surface area (Å²) in [5, 5.41) is 2.94. The third kappa shape index (κ3) is 2.04. The van der Waals surface area contributed by atoms with Crippen LogP contribution < -0.4 is 0 Å². The van der Waals surface area contributed by atoms with Crippen molar-refractivity contribution < 1.29 is 4.74 Å². The lowest BCUT2D eigenvalue weighted by Gasteiger charge is -1.88. The lowest BCUT2D eigenvalue weighted by atomic mass is 10.7. The summed E-state index contributed by atoms with van der Waals surface area (Å²) in [5.41, 5.74) is 0. The number of thiazole rings is 1. The second-order valence-corrected chi connectivity index (χ2v) is 3.25. The molecule has 0 saturated heterocycles. The highest BCUT2D eigenvalue weighted by Crippen LogP contribution is 2.14. The van der Waals surface area contributed by atoms with Gasteiger partial charge in [0, 0.05) is 12.5 Å². The van der Waals surface area contributed by atoms with Gasteiger partial charge in [0.1, 0.15) is 9.61 Å². The molecule has 0 N–H and O–H groups in total. The van der Waals surface area contributed by atoms with Gasteiger partial charge in [-0.2, -0.15) is 0 Å². The van der Waals surface area contributed by atoms with E-state index in [9.17, 15) is 0 Å². The topological polar surface area (TPSA) is 22.1 Å². The molecule has 50 valence electrons. The number of hydrogen-bond acceptors (Lipinski definition) is 3. The van der Waals surface area contributed by atoms with Crippen molar-refractivity contribution in [2.45, 2.75) is 6.61 Å². The average Bonchev–Trinajstić information content (AvgIpc) is 2.17. The monoisotopic (exact) mass is 207 g/mol. The van der Waals surface area contributed by atoms with Crippen LogP contribution in [-0.2, 0) is 11.3 Å². The molecule has 0 saturated carbocycles. The minimum atomic E-state index is 0.607. The van der Waals surface area contributed by atoms with Gasteiger partial charge in [-0.1, -0.05) is 0 Å². The van der Waals surface area contributed by atoms with Crippen molar-refractivity contribution in [3.05, 3.63) is 15.0 Å². The van der Waals surface area contributed by atoms with E-state index in [4.69, 9.17) is 4.74 Å². The highest BCUT2D eigenvalue weighted by atomic mass is 79.9. The Hall–Kier alpha value is 0.0700. The van der Waals surface area contributed by atoms with Gasteiger partial charge in [0.05, 0.1) is 6.61 Å². The summed E-state index contributed by atoms with van der Waals surface area (Å²) in [7, 11) is 1.66. The van der Waals surface area contributed by atoms with Crippen molar-refractivity contribution >= 4 is 27.3 Å². The standard InChI is InChI=1S/C5H6BrNOS/c1-8-2-5-7-4(6)3-9-5/h3H,2H2,1H3. The van der Waals surface area contributed by atoms with Gasteiger partial charge in [0.2, 0.25) is 0 Å². The highest BCUT2D eigenvalue weighted by molar-refractivity contribution is 9.10. The number of rotatable bonds is 2. The van der Waals surface area contributed by atoms with E-state index >= 15 is 0 Å². The first kappa shape index (κ1) is 7.18. The summed E-state index contributed by atoms with van der Waals surface area (Å²) in [4.78, 5) is 4.11. The fraction of sp³-hybridized carbons (Fsp3) is 0.400. The summed E-state index contributed by atoms with van der Waals surface area (Å²) < 4.78 is 5.76. The molecule has 0 amide bonds. The molecule has 9 heavy (non-hydrogen) atoms. The molecule has 0 aliphatic heterocycles. The van der Waals surface area contributed by atoms with Gasteiger partial charge in [0.15, 0.2) is 0 Å². The molecule has 1 rings (SSSR count). The molecule has 0 aliphatic rings. The molecule has 0 radical (unpaired) electrons. The van der Waals surface area contributed by atoms with E-state index in [1.54, 1.807) is 18.4 Å². The van der Waals surface area contributed by atoms with Crippen molar-refractivity contribution in [2.24, 2.45) is 0 Å². The third-order valence-corrected chi connectivity index (χ3v) is 2.32. The summed E-state index contributed by atoms with van der Waals surface area (Å²) in [6.07, 6.45) is 0. The molecule has 0 fully saturated rings. The van der Waals surface area contributed by atoms with Crippen LogP contribution in [0.3, 0.4) is 0 Å². The Kier molecular flexibility index (Phi) is 2.63. The van der Waals surface area contributed by atoms with Crippen LogP contribution in [0.4, 0.5) is 0 Å². The van der Waals surface area contributed by atoms with E-state index in [1.165, 1.54) is 0 Å². The highest BCUT2D eigenvalue weighted by Gasteiger charge is 1.95. The van der Waals surface area contributed by atoms with Crippen molar-refractivity contribution in [1.82, 2.24) is 4.98 Å². The second kappa shape index (κ2) is 3.29. The van der Waals surface area contributed by atoms with Crippen molar-refractivity contribution in [3.63, 3.8) is 0 Å². The molecule has 0 spiro atoms. The largest absolute Gasteiger partial charge is 0.378 e. The zero-order valence-electron chi connectivity index (χ0n) is 4.93. The van der Waals surface area contributed by atoms with E-state index < -0.39 is 0 Å². The fourth-order valence-electron chi connectivity index (χ4n) is 0.478. The third-order valence-electron chi connectivity index (χ3n) is 0.792. The molecular weight excluding hydrogens is 202 g/mol. The lowest BCUT2D eigenvalue weighted by Crippen LogP contribution is -1.83. The summed E-state index contributed by atoms with van der Waals surface area (Å²) in [5.74, 6) is 0. The molecule has 1 aromatic rings. The Morgan fingerprint density at radius 3 is 3.11 bits per heavy atom. The number of ether oxygens (including phenoxy) is 1. The van der Waals surface area contributed by atoms with Gasteiger partial charge >= 0.3 is 0 Å². The maximum absolute atomic E-state index is 4.87. The first-order valence-electron chi connectivity index (χ1n) is 2.42.